The van der Waals surface area contributed by atoms with E-state index in [9.17, 15) is 22.4 Å². The van der Waals surface area contributed by atoms with Crippen LogP contribution in [0, 0.1) is 12.7 Å². The normalized spacial score (nSPS) is 11.4. The summed E-state index contributed by atoms with van der Waals surface area (Å²) in [7, 11) is 0. The molecule has 0 fully saturated rings. The Morgan fingerprint density at radius 3 is 2.13 bits per heavy atom. The Morgan fingerprint density at radius 2 is 1.51 bits per heavy atom. The van der Waals surface area contributed by atoms with E-state index in [0.29, 0.717) is 44.3 Å². The van der Waals surface area contributed by atoms with Crippen molar-refractivity contribution >= 4 is 23.6 Å². The van der Waals surface area contributed by atoms with Crippen molar-refractivity contribution in [2.75, 3.05) is 30.3 Å². The summed E-state index contributed by atoms with van der Waals surface area (Å²) in [5.74, 6) is -1.38. The number of ether oxygens (including phenoxy) is 1. The van der Waals surface area contributed by atoms with E-state index in [-0.39, 0.29) is 11.7 Å². The molecule has 1 atom stereocenters. The maximum Gasteiger partial charge on any atom is 0.490 e. The summed E-state index contributed by atoms with van der Waals surface area (Å²) in [6, 6.07) is 27.0. The third-order valence-corrected chi connectivity index (χ3v) is 6.04. The van der Waals surface area contributed by atoms with Gasteiger partial charge < -0.3 is 25.8 Å². The zero-order valence-corrected chi connectivity index (χ0v) is 24.4. The number of rotatable bonds is 13. The van der Waals surface area contributed by atoms with Crippen LogP contribution in [0.25, 0.3) is 0 Å². The van der Waals surface area contributed by atoms with Crippen molar-refractivity contribution in [1.29, 1.82) is 0 Å². The number of para-hydroxylation sites is 1. The zero-order valence-electron chi connectivity index (χ0n) is 24.4. The highest BCUT2D eigenvalue weighted by Crippen LogP contribution is 2.15. The molecule has 238 valence electrons. The minimum Gasteiger partial charge on any atom is -0.492 e. The Kier molecular flexibility index (Phi) is 13.1. The number of aromatic nitrogens is 2. The molecule has 0 spiro atoms. The van der Waals surface area contributed by atoms with Gasteiger partial charge in [0, 0.05) is 24.7 Å². The predicted octanol–water partition coefficient (Wildman–Crippen LogP) is 5.43. The van der Waals surface area contributed by atoms with E-state index >= 15 is 0 Å². The Hall–Kier alpha value is -5.20. The molecule has 0 unspecified atom stereocenters. The van der Waals surface area contributed by atoms with Crippen molar-refractivity contribution in [3.63, 3.8) is 0 Å². The van der Waals surface area contributed by atoms with Gasteiger partial charge in [0.25, 0.3) is 0 Å². The molecule has 4 aromatic rings. The van der Waals surface area contributed by atoms with E-state index < -0.39 is 18.2 Å². The molecular weight excluding hydrogens is 594 g/mol. The first-order chi connectivity index (χ1) is 21.5. The van der Waals surface area contributed by atoms with Crippen LogP contribution in [0.4, 0.5) is 29.3 Å². The molecule has 4 rings (SSSR count). The first-order valence-electron chi connectivity index (χ1n) is 13.9. The first-order valence-corrected chi connectivity index (χ1v) is 13.9. The third-order valence-electron chi connectivity index (χ3n) is 6.04. The van der Waals surface area contributed by atoms with E-state index in [1.807, 2.05) is 73.7 Å². The van der Waals surface area contributed by atoms with Crippen LogP contribution in [0.3, 0.4) is 0 Å². The van der Waals surface area contributed by atoms with Crippen molar-refractivity contribution in [2.24, 2.45) is 0 Å². The summed E-state index contributed by atoms with van der Waals surface area (Å²) in [5.41, 5.74) is 2.81. The van der Waals surface area contributed by atoms with E-state index in [0.717, 1.165) is 22.6 Å². The Morgan fingerprint density at radius 1 is 0.889 bits per heavy atom. The van der Waals surface area contributed by atoms with Crippen molar-refractivity contribution in [2.45, 2.75) is 32.0 Å². The molecule has 1 aromatic heterocycles. The van der Waals surface area contributed by atoms with Gasteiger partial charge in [0.2, 0.25) is 11.9 Å². The molecule has 0 aliphatic rings. The number of aliphatic carboxylic acids is 1. The molecule has 1 amide bonds. The average Bonchev–Trinajstić information content (AvgIpc) is 3.00. The minimum absolute atomic E-state index is 0.146. The lowest BCUT2D eigenvalue weighted by molar-refractivity contribution is -0.192. The van der Waals surface area contributed by atoms with Gasteiger partial charge in [0.05, 0.1) is 6.54 Å². The number of halogens is 4. The number of carbonyl (C=O) groups is 2. The van der Waals surface area contributed by atoms with E-state index in [1.54, 1.807) is 12.1 Å². The fourth-order valence-corrected chi connectivity index (χ4v) is 3.91. The number of aryl methyl sites for hydroxylation is 1. The average molecular weight is 628 g/mol. The number of hydrogen-bond acceptors (Lipinski definition) is 7. The number of alkyl halides is 3. The van der Waals surface area contributed by atoms with Crippen molar-refractivity contribution in [3.8, 4) is 5.75 Å². The molecule has 1 heterocycles. The monoisotopic (exact) mass is 627 g/mol. The quantitative estimate of drug-likeness (QED) is 0.114. The lowest BCUT2D eigenvalue weighted by atomic mass is 10.1. The van der Waals surface area contributed by atoms with Crippen LogP contribution in [-0.4, -0.2) is 58.9 Å². The molecule has 4 N–H and O–H groups in total. The minimum atomic E-state index is -5.08. The SMILES string of the molecule is Cc1cc(N[C@@H](Cc2ccccc2)C(=O)NCCOc2ccccc2)nc(NCCc2ccc(F)cc2)n1.O=C(O)C(F)(F)F. The molecule has 0 radical (unpaired) electrons. The molecule has 0 saturated heterocycles. The van der Waals surface area contributed by atoms with Gasteiger partial charge in [-0.25, -0.2) is 14.2 Å². The van der Waals surface area contributed by atoms with Crippen molar-refractivity contribution < 1.29 is 37.0 Å². The van der Waals surface area contributed by atoms with Crippen LogP contribution in [-0.2, 0) is 22.4 Å². The number of carbonyl (C=O) groups excluding carboxylic acids is 1. The lowest BCUT2D eigenvalue weighted by Crippen LogP contribution is -2.42. The van der Waals surface area contributed by atoms with Gasteiger partial charge in [-0.1, -0.05) is 60.7 Å². The second-order valence-corrected chi connectivity index (χ2v) is 9.66. The number of carboxylic acids is 1. The van der Waals surface area contributed by atoms with Crippen LogP contribution in [0.15, 0.2) is 91.0 Å². The highest BCUT2D eigenvalue weighted by molar-refractivity contribution is 5.84. The van der Waals surface area contributed by atoms with Gasteiger partial charge in [0.15, 0.2) is 0 Å². The molecule has 0 bridgehead atoms. The van der Waals surface area contributed by atoms with Gasteiger partial charge in [-0.05, 0) is 48.7 Å². The standard InChI is InChI=1S/C30H32FN5O2.C2HF3O2/c1-22-20-28(36-30(34-22)33-17-16-23-12-14-25(31)15-13-23)35-27(21-24-8-4-2-5-9-24)29(37)32-18-19-38-26-10-6-3-7-11-26;3-2(4,5)1(6)7/h2-15,20,27H,16-19,21H2,1H3,(H,32,37)(H2,33,34,35,36);(H,6,7)/t27-;/m0./s1. The molecule has 0 aliphatic carbocycles. The summed E-state index contributed by atoms with van der Waals surface area (Å²) in [6.07, 6.45) is -3.90. The fourth-order valence-electron chi connectivity index (χ4n) is 3.91. The summed E-state index contributed by atoms with van der Waals surface area (Å²) >= 11 is 0. The second-order valence-electron chi connectivity index (χ2n) is 9.66. The third kappa shape index (κ3) is 12.9. The van der Waals surface area contributed by atoms with Gasteiger partial charge >= 0.3 is 12.1 Å². The van der Waals surface area contributed by atoms with Crippen LogP contribution in [0.1, 0.15) is 16.8 Å². The van der Waals surface area contributed by atoms with Gasteiger partial charge in [-0.3, -0.25) is 4.79 Å². The largest absolute Gasteiger partial charge is 0.492 e. The topological polar surface area (TPSA) is 125 Å². The number of benzene rings is 3. The molecule has 0 aliphatic heterocycles. The number of carboxylic acid groups (broad SMARTS) is 1. The smallest absolute Gasteiger partial charge is 0.490 e. The Labute approximate surface area is 257 Å². The van der Waals surface area contributed by atoms with E-state index in [4.69, 9.17) is 14.6 Å². The number of hydrogen-bond donors (Lipinski definition) is 4. The number of nitrogens with zero attached hydrogens (tertiary/aromatic N) is 2. The lowest BCUT2D eigenvalue weighted by Gasteiger charge is -2.20. The molecular formula is C32H33F4N5O4. The van der Waals surface area contributed by atoms with Crippen LogP contribution in [0.2, 0.25) is 0 Å². The van der Waals surface area contributed by atoms with Crippen molar-refractivity contribution in [1.82, 2.24) is 15.3 Å². The van der Waals surface area contributed by atoms with Gasteiger partial charge in [0.1, 0.15) is 30.0 Å². The second kappa shape index (κ2) is 17.2. The maximum atomic E-state index is 13.2. The molecule has 0 saturated carbocycles. The summed E-state index contributed by atoms with van der Waals surface area (Å²) < 4.78 is 50.6. The number of nitrogens with one attached hydrogen (secondary N) is 3. The number of amides is 1. The van der Waals surface area contributed by atoms with Gasteiger partial charge in [-0.15, -0.1) is 0 Å². The van der Waals surface area contributed by atoms with Crippen molar-refractivity contribution in [3.05, 3.63) is 114 Å². The Bertz CT molecular complexity index is 1490. The van der Waals surface area contributed by atoms with E-state index in [2.05, 4.69) is 25.9 Å². The summed E-state index contributed by atoms with van der Waals surface area (Å²) in [4.78, 5) is 31.1. The molecule has 9 nitrogen and oxygen atoms in total. The van der Waals surface area contributed by atoms with Crippen LogP contribution >= 0.6 is 0 Å². The highest BCUT2D eigenvalue weighted by atomic mass is 19.4. The predicted molar refractivity (Wildman–Crippen MR) is 162 cm³/mol. The Balaban J connectivity index is 0.000000707. The highest BCUT2D eigenvalue weighted by Gasteiger charge is 2.38. The summed E-state index contributed by atoms with van der Waals surface area (Å²) in [6.45, 7) is 3.21. The van der Waals surface area contributed by atoms with Crippen LogP contribution < -0.4 is 20.7 Å². The van der Waals surface area contributed by atoms with Crippen LogP contribution in [0.5, 0.6) is 5.75 Å². The molecule has 13 heteroatoms. The van der Waals surface area contributed by atoms with E-state index in [1.165, 1.54) is 12.1 Å². The fraction of sp³-hybridized carbons (Fsp3) is 0.250. The first kappa shape index (κ1) is 34.3. The number of anilines is 2. The molecule has 45 heavy (non-hydrogen) atoms. The maximum absolute atomic E-state index is 13.2. The summed E-state index contributed by atoms with van der Waals surface area (Å²) in [5, 5.41) is 16.6. The zero-order chi connectivity index (χ0) is 32.7. The molecule has 3 aromatic carbocycles. The van der Waals surface area contributed by atoms with Gasteiger partial charge in [-0.2, -0.15) is 18.2 Å².